The van der Waals surface area contributed by atoms with E-state index in [1.807, 2.05) is 0 Å². The van der Waals surface area contributed by atoms with Crippen LogP contribution in [0.4, 0.5) is 10.8 Å². The van der Waals surface area contributed by atoms with Crippen molar-refractivity contribution in [3.8, 4) is 0 Å². The van der Waals surface area contributed by atoms with Crippen LogP contribution in [0.25, 0.3) is 0 Å². The lowest BCUT2D eigenvalue weighted by Crippen LogP contribution is -2.22. The van der Waals surface area contributed by atoms with Gasteiger partial charge >= 0.3 is 0 Å². The molecule has 2 heterocycles. The molecule has 3 rings (SSSR count). The van der Waals surface area contributed by atoms with Gasteiger partial charge in [-0.25, -0.2) is 4.98 Å². The van der Waals surface area contributed by atoms with Gasteiger partial charge in [-0.15, -0.1) is 11.3 Å². The molecule has 0 aliphatic carbocycles. The number of aromatic nitrogens is 1. The van der Waals surface area contributed by atoms with E-state index in [-0.39, 0.29) is 0 Å². The first-order valence-electron chi connectivity index (χ1n) is 6.83. The van der Waals surface area contributed by atoms with Crippen LogP contribution in [0.1, 0.15) is 30.1 Å². The molecule has 1 aromatic heterocycles. The third-order valence-electron chi connectivity index (χ3n) is 3.71. The van der Waals surface area contributed by atoms with E-state index in [1.54, 1.807) is 7.11 Å². The first-order valence-corrected chi connectivity index (χ1v) is 7.71. The second-order valence-corrected chi connectivity index (χ2v) is 5.95. The van der Waals surface area contributed by atoms with Crippen molar-refractivity contribution in [2.75, 3.05) is 24.3 Å². The molecule has 1 aliphatic heterocycles. The zero-order chi connectivity index (χ0) is 13.9. The molecule has 1 fully saturated rings. The van der Waals surface area contributed by atoms with Crippen LogP contribution in [0.15, 0.2) is 29.6 Å². The number of thiazole rings is 1. The van der Waals surface area contributed by atoms with Gasteiger partial charge in [-0.2, -0.15) is 0 Å². The van der Waals surface area contributed by atoms with Crippen LogP contribution in [0.5, 0.6) is 0 Å². The normalized spacial score (nSPS) is 18.6. The molecule has 1 aromatic carbocycles. The van der Waals surface area contributed by atoms with Crippen LogP contribution in [-0.4, -0.2) is 18.6 Å². The van der Waals surface area contributed by atoms with Gasteiger partial charge in [0.05, 0.1) is 18.3 Å². The molecule has 4 nitrogen and oxygen atoms in total. The number of methoxy groups -OCH3 is 1. The van der Waals surface area contributed by atoms with E-state index >= 15 is 0 Å². The predicted molar refractivity (Wildman–Crippen MR) is 83.0 cm³/mol. The number of ether oxygens (including phenoxy) is 1. The molecule has 5 heteroatoms. The molecule has 0 radical (unpaired) electrons. The highest BCUT2D eigenvalue weighted by atomic mass is 32.1. The van der Waals surface area contributed by atoms with Crippen molar-refractivity contribution in [1.82, 2.24) is 4.98 Å². The fourth-order valence-corrected chi connectivity index (χ4v) is 3.40. The summed E-state index contributed by atoms with van der Waals surface area (Å²) in [6.07, 6.45) is 2.34. The number of anilines is 2. The summed E-state index contributed by atoms with van der Waals surface area (Å²) < 4.78 is 5.15. The summed E-state index contributed by atoms with van der Waals surface area (Å²) in [5.41, 5.74) is 9.31. The molecule has 0 bridgehead atoms. The monoisotopic (exact) mass is 289 g/mol. The fraction of sp³-hybridized carbons (Fsp3) is 0.400. The maximum absolute atomic E-state index is 5.76. The zero-order valence-electron chi connectivity index (χ0n) is 11.6. The summed E-state index contributed by atoms with van der Waals surface area (Å²) >= 11 is 1.52. The molecule has 0 amide bonds. The molecule has 1 saturated heterocycles. The molecular formula is C15H19N3OS. The second-order valence-electron chi connectivity index (χ2n) is 5.06. The predicted octanol–water partition coefficient (Wildman–Crippen LogP) is 3.21. The van der Waals surface area contributed by atoms with Crippen LogP contribution in [0, 0.1) is 0 Å². The van der Waals surface area contributed by atoms with Crippen molar-refractivity contribution in [3.63, 3.8) is 0 Å². The molecule has 106 valence electrons. The van der Waals surface area contributed by atoms with E-state index < -0.39 is 0 Å². The minimum atomic E-state index is 0.358. The molecule has 0 spiro atoms. The average Bonchev–Trinajstić information content (AvgIpc) is 3.08. The summed E-state index contributed by atoms with van der Waals surface area (Å²) in [6, 6.07) is 8.95. The lowest BCUT2D eigenvalue weighted by atomic mass is 10.1. The summed E-state index contributed by atoms with van der Waals surface area (Å²) in [4.78, 5) is 6.87. The molecule has 0 saturated carbocycles. The zero-order valence-corrected chi connectivity index (χ0v) is 12.4. The van der Waals surface area contributed by atoms with Gasteiger partial charge in [-0.3, -0.25) is 0 Å². The molecule has 1 unspecified atom stereocenters. The minimum absolute atomic E-state index is 0.358. The van der Waals surface area contributed by atoms with Crippen LogP contribution in [-0.2, 0) is 11.3 Å². The fourth-order valence-electron chi connectivity index (χ4n) is 2.79. The van der Waals surface area contributed by atoms with Gasteiger partial charge in [0, 0.05) is 24.7 Å². The van der Waals surface area contributed by atoms with Crippen molar-refractivity contribution >= 4 is 22.2 Å². The second kappa shape index (κ2) is 5.81. The average molecular weight is 289 g/mol. The molecule has 1 aliphatic rings. The Labute approximate surface area is 123 Å². The highest BCUT2D eigenvalue weighted by Crippen LogP contribution is 2.36. The Bertz CT molecular complexity index is 567. The summed E-state index contributed by atoms with van der Waals surface area (Å²) in [6.45, 7) is 1.73. The van der Waals surface area contributed by atoms with Gasteiger partial charge in [-0.1, -0.05) is 12.1 Å². The highest BCUT2D eigenvalue weighted by Gasteiger charge is 2.27. The Balaban J connectivity index is 1.81. The first kappa shape index (κ1) is 13.4. The topological polar surface area (TPSA) is 51.4 Å². The smallest absolute Gasteiger partial charge is 0.180 e. The summed E-state index contributed by atoms with van der Waals surface area (Å²) in [5, 5.41) is 2.74. The van der Waals surface area contributed by atoms with Crippen LogP contribution in [0.2, 0.25) is 0 Å². The lowest BCUT2D eigenvalue weighted by molar-refractivity contribution is 0.185. The molecule has 20 heavy (non-hydrogen) atoms. The van der Waals surface area contributed by atoms with Crippen LogP contribution < -0.4 is 10.6 Å². The van der Waals surface area contributed by atoms with E-state index in [0.29, 0.717) is 17.8 Å². The Morgan fingerprint density at radius 3 is 2.85 bits per heavy atom. The van der Waals surface area contributed by atoms with Crippen molar-refractivity contribution in [2.24, 2.45) is 0 Å². The number of benzene rings is 1. The van der Waals surface area contributed by atoms with Gasteiger partial charge in [0.1, 0.15) is 0 Å². The van der Waals surface area contributed by atoms with Crippen LogP contribution in [0.3, 0.4) is 0 Å². The Hall–Kier alpha value is -1.59. The number of nitrogens with zero attached hydrogens (tertiary/aromatic N) is 2. The molecule has 1 atom stereocenters. The maximum atomic E-state index is 5.76. The quantitative estimate of drug-likeness (QED) is 0.939. The standard InChI is InChI=1S/C15H19N3OS/c1-19-9-11-4-6-12(7-5-11)18-8-2-3-14(18)13-10-20-15(16)17-13/h4-7,10,14H,2-3,8-9H2,1H3,(H2,16,17). The Morgan fingerprint density at radius 2 is 2.20 bits per heavy atom. The van der Waals surface area contributed by atoms with E-state index in [4.69, 9.17) is 10.5 Å². The molecule has 2 N–H and O–H groups in total. The Morgan fingerprint density at radius 1 is 1.40 bits per heavy atom. The van der Waals surface area contributed by atoms with E-state index in [2.05, 4.69) is 39.5 Å². The van der Waals surface area contributed by atoms with Crippen molar-refractivity contribution in [1.29, 1.82) is 0 Å². The van der Waals surface area contributed by atoms with E-state index in [0.717, 1.165) is 18.7 Å². The number of hydrogen-bond acceptors (Lipinski definition) is 5. The van der Waals surface area contributed by atoms with Gasteiger partial charge in [0.25, 0.3) is 0 Å². The van der Waals surface area contributed by atoms with Crippen molar-refractivity contribution < 1.29 is 4.74 Å². The third kappa shape index (κ3) is 2.64. The Kier molecular flexibility index (Phi) is 3.89. The van der Waals surface area contributed by atoms with E-state index in [9.17, 15) is 0 Å². The largest absolute Gasteiger partial charge is 0.380 e. The summed E-state index contributed by atoms with van der Waals surface area (Å²) in [7, 11) is 1.72. The minimum Gasteiger partial charge on any atom is -0.380 e. The third-order valence-corrected chi connectivity index (χ3v) is 4.41. The SMILES string of the molecule is COCc1ccc(N2CCCC2c2csc(N)n2)cc1. The van der Waals surface area contributed by atoms with Gasteiger partial charge in [0.15, 0.2) is 5.13 Å². The number of hydrogen-bond donors (Lipinski definition) is 1. The first-order chi connectivity index (χ1) is 9.78. The van der Waals surface area contributed by atoms with Gasteiger partial charge < -0.3 is 15.4 Å². The van der Waals surface area contributed by atoms with Crippen LogP contribution >= 0.6 is 11.3 Å². The number of rotatable bonds is 4. The summed E-state index contributed by atoms with van der Waals surface area (Å²) in [5.74, 6) is 0. The highest BCUT2D eigenvalue weighted by molar-refractivity contribution is 7.13. The van der Waals surface area contributed by atoms with E-state index in [1.165, 1.54) is 29.0 Å². The number of nitrogens with two attached hydrogens (primary N) is 1. The van der Waals surface area contributed by atoms with Gasteiger partial charge in [-0.05, 0) is 30.5 Å². The maximum Gasteiger partial charge on any atom is 0.180 e. The van der Waals surface area contributed by atoms with Gasteiger partial charge in [0.2, 0.25) is 0 Å². The molecular weight excluding hydrogens is 270 g/mol. The molecule has 2 aromatic rings. The van der Waals surface area contributed by atoms with Crippen molar-refractivity contribution in [2.45, 2.75) is 25.5 Å². The lowest BCUT2D eigenvalue weighted by Gasteiger charge is -2.25. The van der Waals surface area contributed by atoms with Crippen molar-refractivity contribution in [3.05, 3.63) is 40.9 Å². The number of nitrogen functional groups attached to an aromatic ring is 1.